The number of esters is 2. The Morgan fingerprint density at radius 3 is 1.47 bits per heavy atom. The van der Waals surface area contributed by atoms with Crippen LogP contribution in [0.4, 0.5) is 0 Å². The van der Waals surface area contributed by atoms with Crippen LogP contribution in [0.15, 0.2) is 0 Å². The predicted octanol–water partition coefficient (Wildman–Crippen LogP) is 1.80. The number of carbonyl (C=O) groups is 2. The van der Waals surface area contributed by atoms with Gasteiger partial charge in [-0.1, -0.05) is 26.7 Å². The molecule has 0 saturated carbocycles. The zero-order valence-electron chi connectivity index (χ0n) is 10.3. The van der Waals surface area contributed by atoms with Crippen LogP contribution >= 0.6 is 0 Å². The van der Waals surface area contributed by atoms with Crippen molar-refractivity contribution in [2.24, 2.45) is 0 Å². The summed E-state index contributed by atoms with van der Waals surface area (Å²) >= 11 is 0. The minimum absolute atomic E-state index is 0. The van der Waals surface area contributed by atoms with E-state index in [4.69, 9.17) is 9.47 Å². The van der Waals surface area contributed by atoms with Crippen LogP contribution in [0, 0.1) is 0 Å². The molecular formula is C12H23NaO4. The molecular weight excluding hydrogens is 231 g/mol. The minimum atomic E-state index is -0.319. The van der Waals surface area contributed by atoms with Gasteiger partial charge in [0.15, 0.2) is 0 Å². The molecule has 0 aromatic carbocycles. The molecule has 96 valence electrons. The van der Waals surface area contributed by atoms with Gasteiger partial charge in [0.2, 0.25) is 0 Å². The molecule has 0 radical (unpaired) electrons. The van der Waals surface area contributed by atoms with E-state index in [1.165, 1.54) is 0 Å². The molecule has 0 aromatic heterocycles. The third-order valence-electron chi connectivity index (χ3n) is 2.06. The Labute approximate surface area is 126 Å². The van der Waals surface area contributed by atoms with Crippen LogP contribution in [0.3, 0.4) is 0 Å². The molecule has 0 amide bonds. The Balaban J connectivity index is 0. The summed E-state index contributed by atoms with van der Waals surface area (Å²) in [5.74, 6) is -0.637. The summed E-state index contributed by atoms with van der Waals surface area (Å²) in [4.78, 5) is 22.2. The molecule has 0 atom stereocenters. The van der Waals surface area contributed by atoms with E-state index in [0.29, 0.717) is 13.2 Å². The molecule has 0 rings (SSSR count). The number of ether oxygens (including phenoxy) is 2. The molecule has 0 aliphatic rings. The van der Waals surface area contributed by atoms with Crippen molar-refractivity contribution in [1.29, 1.82) is 0 Å². The summed E-state index contributed by atoms with van der Waals surface area (Å²) in [5, 5.41) is 0. The summed E-state index contributed by atoms with van der Waals surface area (Å²) in [6.07, 6.45) is 3.96. The van der Waals surface area contributed by atoms with Gasteiger partial charge in [-0.05, 0) is 12.8 Å². The van der Waals surface area contributed by atoms with Crippen LogP contribution in [-0.2, 0) is 19.1 Å². The third kappa shape index (κ3) is 13.9. The van der Waals surface area contributed by atoms with Crippen LogP contribution in [0.1, 0.15) is 52.4 Å². The Bertz CT molecular complexity index is 185. The van der Waals surface area contributed by atoms with Gasteiger partial charge in [0.05, 0.1) is 26.1 Å². The maximum absolute atomic E-state index is 11.1. The van der Waals surface area contributed by atoms with Crippen molar-refractivity contribution in [2.75, 3.05) is 13.2 Å². The second-order valence-electron chi connectivity index (χ2n) is 3.65. The summed E-state index contributed by atoms with van der Waals surface area (Å²) < 4.78 is 9.82. The van der Waals surface area contributed by atoms with Gasteiger partial charge in [0.25, 0.3) is 0 Å². The van der Waals surface area contributed by atoms with Gasteiger partial charge in [-0.2, -0.15) is 0 Å². The summed E-state index contributed by atoms with van der Waals surface area (Å²) in [7, 11) is 0. The molecule has 5 heteroatoms. The van der Waals surface area contributed by atoms with E-state index in [1.54, 1.807) is 0 Å². The molecule has 0 bridgehead atoms. The first-order chi connectivity index (χ1) is 7.70. The zero-order valence-corrected chi connectivity index (χ0v) is 10.3. The molecule has 0 unspecified atom stereocenters. The van der Waals surface area contributed by atoms with Crippen LogP contribution in [0.2, 0.25) is 0 Å². The molecule has 0 fully saturated rings. The van der Waals surface area contributed by atoms with Crippen molar-refractivity contribution >= 4 is 41.5 Å². The summed E-state index contributed by atoms with van der Waals surface area (Å²) in [6.45, 7) is 4.94. The summed E-state index contributed by atoms with van der Waals surface area (Å²) in [5.41, 5.74) is 0. The Morgan fingerprint density at radius 1 is 0.824 bits per heavy atom. The molecule has 0 aliphatic carbocycles. The van der Waals surface area contributed by atoms with E-state index in [0.717, 1.165) is 25.7 Å². The fourth-order valence-corrected chi connectivity index (χ4v) is 1.01. The number of hydrogen-bond acceptors (Lipinski definition) is 4. The normalized spacial score (nSPS) is 9.29. The van der Waals surface area contributed by atoms with Gasteiger partial charge in [0, 0.05) is 0 Å². The van der Waals surface area contributed by atoms with Gasteiger partial charge < -0.3 is 9.47 Å². The first-order valence-corrected chi connectivity index (χ1v) is 6.02. The summed E-state index contributed by atoms with van der Waals surface area (Å²) in [6, 6.07) is 0. The number of carbonyl (C=O) groups excluding carboxylic acids is 2. The monoisotopic (exact) mass is 254 g/mol. The predicted molar refractivity (Wildman–Crippen MR) is 68.1 cm³/mol. The third-order valence-corrected chi connectivity index (χ3v) is 2.06. The van der Waals surface area contributed by atoms with E-state index in [2.05, 4.69) is 0 Å². The van der Waals surface area contributed by atoms with E-state index in [9.17, 15) is 9.59 Å². The quantitative estimate of drug-likeness (QED) is 0.358. The van der Waals surface area contributed by atoms with Crippen molar-refractivity contribution in [2.45, 2.75) is 52.4 Å². The molecule has 0 N–H and O–H groups in total. The fourth-order valence-electron chi connectivity index (χ4n) is 1.01. The fraction of sp³-hybridized carbons (Fsp3) is 0.833. The molecule has 0 aromatic rings. The number of hydrogen-bond donors (Lipinski definition) is 0. The van der Waals surface area contributed by atoms with E-state index in [1.807, 2.05) is 13.8 Å². The second-order valence-corrected chi connectivity index (χ2v) is 3.65. The first kappa shape index (κ1) is 19.3. The van der Waals surface area contributed by atoms with Gasteiger partial charge in [-0.25, -0.2) is 0 Å². The SMILES string of the molecule is CCCCOC(=O)CCC(=O)OCCCC.[NaH]. The van der Waals surface area contributed by atoms with Gasteiger partial charge in [0.1, 0.15) is 0 Å². The second kappa shape index (κ2) is 14.0. The topological polar surface area (TPSA) is 52.6 Å². The van der Waals surface area contributed by atoms with Gasteiger partial charge in [-0.15, -0.1) is 0 Å². The molecule has 0 aliphatic heterocycles. The Kier molecular flexibility index (Phi) is 15.9. The Morgan fingerprint density at radius 2 is 1.18 bits per heavy atom. The van der Waals surface area contributed by atoms with Crippen molar-refractivity contribution in [3.63, 3.8) is 0 Å². The molecule has 0 heterocycles. The zero-order chi connectivity index (χ0) is 12.2. The molecule has 0 saturated heterocycles. The van der Waals surface area contributed by atoms with Crippen molar-refractivity contribution < 1.29 is 19.1 Å². The van der Waals surface area contributed by atoms with Crippen molar-refractivity contribution in [3.8, 4) is 0 Å². The average Bonchev–Trinajstić information content (AvgIpc) is 2.27. The van der Waals surface area contributed by atoms with Gasteiger partial charge in [-0.3, -0.25) is 9.59 Å². The standard InChI is InChI=1S/C12H22O4.Na.H/c1-3-5-9-15-11(13)7-8-12(14)16-10-6-4-2;;/h3-10H2,1-2H3;;. The number of rotatable bonds is 9. The van der Waals surface area contributed by atoms with Crippen molar-refractivity contribution in [1.82, 2.24) is 0 Å². The Hall–Kier alpha value is -0.0600. The molecule has 17 heavy (non-hydrogen) atoms. The van der Waals surface area contributed by atoms with Crippen LogP contribution in [-0.4, -0.2) is 54.7 Å². The van der Waals surface area contributed by atoms with E-state index < -0.39 is 0 Å². The van der Waals surface area contributed by atoms with Crippen LogP contribution in [0.5, 0.6) is 0 Å². The first-order valence-electron chi connectivity index (χ1n) is 6.02. The molecule has 4 nitrogen and oxygen atoms in total. The average molecular weight is 254 g/mol. The van der Waals surface area contributed by atoms with Gasteiger partial charge >= 0.3 is 41.5 Å². The van der Waals surface area contributed by atoms with Crippen LogP contribution in [0.25, 0.3) is 0 Å². The van der Waals surface area contributed by atoms with Crippen molar-refractivity contribution in [3.05, 3.63) is 0 Å². The van der Waals surface area contributed by atoms with E-state index >= 15 is 0 Å². The number of unbranched alkanes of at least 4 members (excludes halogenated alkanes) is 2. The molecule has 0 spiro atoms. The van der Waals surface area contributed by atoms with Crippen LogP contribution < -0.4 is 0 Å². The maximum atomic E-state index is 11.1. The van der Waals surface area contributed by atoms with E-state index in [-0.39, 0.29) is 54.3 Å².